The third-order valence-corrected chi connectivity index (χ3v) is 5.02. The summed E-state index contributed by atoms with van der Waals surface area (Å²) in [4.78, 5) is 25.6. The molecule has 0 bridgehead atoms. The number of carbonyl (C=O) groups is 2. The first-order valence-electron chi connectivity index (χ1n) is 7.15. The maximum atomic E-state index is 12.4. The van der Waals surface area contributed by atoms with Gasteiger partial charge in [-0.1, -0.05) is 6.92 Å². The number of aliphatic carboxylic acids is 1. The molecule has 1 heterocycles. The van der Waals surface area contributed by atoms with Crippen LogP contribution >= 0.6 is 0 Å². The van der Waals surface area contributed by atoms with E-state index < -0.39 is 16.9 Å². The quantitative estimate of drug-likeness (QED) is 0.803. The number of hydrogen-bond acceptors (Lipinski definition) is 3. The molecule has 0 aromatic heterocycles. The van der Waals surface area contributed by atoms with Crippen LogP contribution in [0.4, 0.5) is 0 Å². The maximum absolute atomic E-state index is 12.4. The summed E-state index contributed by atoms with van der Waals surface area (Å²) in [6.45, 7) is 4.74. The van der Waals surface area contributed by atoms with E-state index >= 15 is 0 Å². The van der Waals surface area contributed by atoms with E-state index in [9.17, 15) is 14.7 Å². The standard InChI is InChI=1S/C14H24N2O3/c1-3-14(12(18)19)6-8-16(9-7-14)11(17)13(2,15)10-4-5-10/h10H,3-9,15H2,1-2H3,(H,18,19). The summed E-state index contributed by atoms with van der Waals surface area (Å²) in [5.74, 6) is -0.442. The first-order valence-corrected chi connectivity index (χ1v) is 7.15. The molecule has 0 aromatic carbocycles. The van der Waals surface area contributed by atoms with Gasteiger partial charge in [-0.05, 0) is 44.9 Å². The highest BCUT2D eigenvalue weighted by molar-refractivity contribution is 5.87. The Kier molecular flexibility index (Phi) is 3.60. The summed E-state index contributed by atoms with van der Waals surface area (Å²) in [7, 11) is 0. The molecule has 0 aromatic rings. The Morgan fingerprint density at radius 3 is 2.26 bits per heavy atom. The number of rotatable bonds is 4. The number of hydrogen-bond donors (Lipinski definition) is 2. The molecule has 1 unspecified atom stereocenters. The molecule has 19 heavy (non-hydrogen) atoms. The highest BCUT2D eigenvalue weighted by Crippen LogP contribution is 2.41. The van der Waals surface area contributed by atoms with Gasteiger partial charge in [0.05, 0.1) is 11.0 Å². The first kappa shape index (κ1) is 14.3. The second-order valence-corrected chi connectivity index (χ2v) is 6.29. The molecular formula is C14H24N2O3. The number of nitrogens with zero attached hydrogens (tertiary/aromatic N) is 1. The molecule has 108 valence electrons. The lowest BCUT2D eigenvalue weighted by Crippen LogP contribution is -2.57. The Morgan fingerprint density at radius 1 is 1.37 bits per heavy atom. The SMILES string of the molecule is CCC1(C(=O)O)CCN(C(=O)C(C)(N)C2CC2)CC1. The van der Waals surface area contributed by atoms with Crippen LogP contribution in [0.25, 0.3) is 0 Å². The number of carboxylic acids is 1. The van der Waals surface area contributed by atoms with E-state index in [0.29, 0.717) is 38.3 Å². The van der Waals surface area contributed by atoms with Crippen LogP contribution in [0.15, 0.2) is 0 Å². The van der Waals surface area contributed by atoms with Gasteiger partial charge < -0.3 is 15.7 Å². The molecule has 0 radical (unpaired) electrons. The molecule has 1 saturated heterocycles. The Balaban J connectivity index is 2.00. The van der Waals surface area contributed by atoms with Gasteiger partial charge in [-0.3, -0.25) is 9.59 Å². The predicted octanol–water partition coefficient (Wildman–Crippen LogP) is 1.22. The van der Waals surface area contributed by atoms with E-state index in [1.807, 2.05) is 13.8 Å². The second-order valence-electron chi connectivity index (χ2n) is 6.29. The summed E-state index contributed by atoms with van der Waals surface area (Å²) in [6, 6.07) is 0. The molecule has 1 saturated carbocycles. The lowest BCUT2D eigenvalue weighted by Gasteiger charge is -2.41. The predicted molar refractivity (Wildman–Crippen MR) is 71.5 cm³/mol. The topological polar surface area (TPSA) is 83.6 Å². The van der Waals surface area contributed by atoms with Gasteiger partial charge in [0.1, 0.15) is 0 Å². The fraction of sp³-hybridized carbons (Fsp3) is 0.857. The van der Waals surface area contributed by atoms with Gasteiger partial charge in [0, 0.05) is 13.1 Å². The zero-order valence-electron chi connectivity index (χ0n) is 11.8. The lowest BCUT2D eigenvalue weighted by atomic mass is 9.76. The molecule has 2 rings (SSSR count). The van der Waals surface area contributed by atoms with Crippen LogP contribution in [0.5, 0.6) is 0 Å². The third kappa shape index (κ3) is 2.48. The van der Waals surface area contributed by atoms with Gasteiger partial charge in [-0.25, -0.2) is 0 Å². The van der Waals surface area contributed by atoms with E-state index in [0.717, 1.165) is 12.8 Å². The highest BCUT2D eigenvalue weighted by Gasteiger charge is 2.48. The van der Waals surface area contributed by atoms with Crippen LogP contribution < -0.4 is 5.73 Å². The number of piperidine rings is 1. The van der Waals surface area contributed by atoms with Crippen molar-refractivity contribution in [1.29, 1.82) is 0 Å². The smallest absolute Gasteiger partial charge is 0.309 e. The minimum absolute atomic E-state index is 0.00917. The zero-order chi connectivity index (χ0) is 14.3. The van der Waals surface area contributed by atoms with Gasteiger partial charge in [0.25, 0.3) is 0 Å². The van der Waals surface area contributed by atoms with Crippen LogP contribution in [-0.2, 0) is 9.59 Å². The van der Waals surface area contributed by atoms with Crippen molar-refractivity contribution in [2.24, 2.45) is 17.1 Å². The maximum Gasteiger partial charge on any atom is 0.309 e. The fourth-order valence-corrected chi connectivity index (χ4v) is 3.05. The van der Waals surface area contributed by atoms with Crippen molar-refractivity contribution in [2.45, 2.75) is 51.5 Å². The van der Waals surface area contributed by atoms with Crippen molar-refractivity contribution in [1.82, 2.24) is 4.90 Å². The molecule has 1 aliphatic heterocycles. The van der Waals surface area contributed by atoms with Crippen LogP contribution in [0.3, 0.4) is 0 Å². The molecule has 1 aliphatic carbocycles. The normalized spacial score (nSPS) is 25.7. The van der Waals surface area contributed by atoms with E-state index in [4.69, 9.17) is 5.73 Å². The molecule has 3 N–H and O–H groups in total. The summed E-state index contributed by atoms with van der Waals surface area (Å²) in [6.07, 6.45) is 3.74. The third-order valence-electron chi connectivity index (χ3n) is 5.02. The van der Waals surface area contributed by atoms with E-state index in [1.54, 1.807) is 4.90 Å². The van der Waals surface area contributed by atoms with Gasteiger partial charge >= 0.3 is 5.97 Å². The van der Waals surface area contributed by atoms with Crippen molar-refractivity contribution < 1.29 is 14.7 Å². The van der Waals surface area contributed by atoms with Gasteiger partial charge in [0.2, 0.25) is 5.91 Å². The zero-order valence-corrected chi connectivity index (χ0v) is 11.8. The van der Waals surface area contributed by atoms with Crippen molar-refractivity contribution in [3.05, 3.63) is 0 Å². The van der Waals surface area contributed by atoms with E-state index in [2.05, 4.69) is 0 Å². The molecule has 0 spiro atoms. The Bertz CT molecular complexity index is 380. The minimum atomic E-state index is -0.768. The van der Waals surface area contributed by atoms with E-state index in [1.165, 1.54) is 0 Å². The lowest BCUT2D eigenvalue weighted by molar-refractivity contribution is -0.155. The largest absolute Gasteiger partial charge is 0.481 e. The Morgan fingerprint density at radius 2 is 1.89 bits per heavy atom. The summed E-state index contributed by atoms with van der Waals surface area (Å²) in [5, 5.41) is 9.34. The van der Waals surface area contributed by atoms with Crippen LogP contribution in [0.2, 0.25) is 0 Å². The van der Waals surface area contributed by atoms with Crippen molar-refractivity contribution in [2.75, 3.05) is 13.1 Å². The molecule has 5 nitrogen and oxygen atoms in total. The number of carbonyl (C=O) groups excluding carboxylic acids is 1. The number of likely N-dealkylation sites (tertiary alicyclic amines) is 1. The summed E-state index contributed by atoms with van der Waals surface area (Å²) < 4.78 is 0. The van der Waals surface area contributed by atoms with Crippen LogP contribution in [0, 0.1) is 11.3 Å². The number of nitrogens with two attached hydrogens (primary N) is 1. The minimum Gasteiger partial charge on any atom is -0.481 e. The monoisotopic (exact) mass is 268 g/mol. The molecule has 1 atom stereocenters. The summed E-state index contributed by atoms with van der Waals surface area (Å²) >= 11 is 0. The fourth-order valence-electron chi connectivity index (χ4n) is 3.05. The average Bonchev–Trinajstić information content (AvgIpc) is 3.22. The molecule has 2 fully saturated rings. The Labute approximate surface area is 114 Å². The number of amides is 1. The molecular weight excluding hydrogens is 244 g/mol. The van der Waals surface area contributed by atoms with Crippen LogP contribution in [0.1, 0.15) is 46.0 Å². The Hall–Kier alpha value is -1.10. The first-order chi connectivity index (χ1) is 8.83. The van der Waals surface area contributed by atoms with Crippen LogP contribution in [-0.4, -0.2) is 40.5 Å². The average molecular weight is 268 g/mol. The van der Waals surface area contributed by atoms with Gasteiger partial charge in [-0.15, -0.1) is 0 Å². The second kappa shape index (κ2) is 4.78. The van der Waals surface area contributed by atoms with Gasteiger partial charge in [-0.2, -0.15) is 0 Å². The van der Waals surface area contributed by atoms with Gasteiger partial charge in [0.15, 0.2) is 0 Å². The molecule has 2 aliphatic rings. The molecule has 5 heteroatoms. The van der Waals surface area contributed by atoms with Crippen molar-refractivity contribution in [3.63, 3.8) is 0 Å². The molecule has 1 amide bonds. The van der Waals surface area contributed by atoms with E-state index in [-0.39, 0.29) is 5.91 Å². The van der Waals surface area contributed by atoms with Crippen molar-refractivity contribution >= 4 is 11.9 Å². The highest BCUT2D eigenvalue weighted by atomic mass is 16.4. The summed E-state index contributed by atoms with van der Waals surface area (Å²) in [5.41, 5.74) is 4.73. The van der Waals surface area contributed by atoms with Crippen molar-refractivity contribution in [3.8, 4) is 0 Å². The number of carboxylic acid groups (broad SMARTS) is 1.